The van der Waals surface area contributed by atoms with Crippen LogP contribution in [-0.4, -0.2) is 28.6 Å². The van der Waals surface area contributed by atoms with Crippen molar-refractivity contribution >= 4 is 21.9 Å². The van der Waals surface area contributed by atoms with Crippen molar-refractivity contribution in [3.8, 4) is 0 Å². The van der Waals surface area contributed by atoms with Crippen LogP contribution in [0.25, 0.3) is 0 Å². The van der Waals surface area contributed by atoms with E-state index in [1.807, 2.05) is 4.90 Å². The number of rotatable bonds is 5. The van der Waals surface area contributed by atoms with Crippen molar-refractivity contribution in [1.82, 2.24) is 4.90 Å². The van der Waals surface area contributed by atoms with Crippen LogP contribution in [0.5, 0.6) is 0 Å². The number of hydrogen-bond acceptors (Lipinski definition) is 2. The van der Waals surface area contributed by atoms with E-state index < -0.39 is 5.97 Å². The zero-order chi connectivity index (χ0) is 13.8. The standard InChI is InChI=1S/C14H17BrFNO2/c15-11-6-5-10(13(16)7-11)8-17(9-14(18)19)12-3-1-2-4-12/h5-7,12H,1-4,8-9H2,(H,18,19). The highest BCUT2D eigenvalue weighted by Crippen LogP contribution is 2.26. The molecular formula is C14H17BrFNO2. The lowest BCUT2D eigenvalue weighted by Crippen LogP contribution is -2.37. The quantitative estimate of drug-likeness (QED) is 0.899. The minimum atomic E-state index is -0.857. The number of carbonyl (C=O) groups is 1. The maximum absolute atomic E-state index is 13.8. The Labute approximate surface area is 120 Å². The molecule has 1 aromatic carbocycles. The number of benzene rings is 1. The molecule has 2 rings (SSSR count). The molecule has 0 aliphatic heterocycles. The second-order valence-electron chi connectivity index (χ2n) is 4.97. The number of hydrogen-bond donors (Lipinski definition) is 1. The molecule has 0 unspecified atom stereocenters. The highest BCUT2D eigenvalue weighted by Gasteiger charge is 2.25. The highest BCUT2D eigenvalue weighted by molar-refractivity contribution is 9.10. The van der Waals surface area contributed by atoms with Gasteiger partial charge in [-0.25, -0.2) is 4.39 Å². The summed E-state index contributed by atoms with van der Waals surface area (Å²) in [6, 6.07) is 5.18. The summed E-state index contributed by atoms with van der Waals surface area (Å²) >= 11 is 3.22. The summed E-state index contributed by atoms with van der Waals surface area (Å²) in [5.41, 5.74) is 0.552. The Morgan fingerprint density at radius 1 is 1.42 bits per heavy atom. The molecule has 1 N–H and O–H groups in total. The second kappa shape index (κ2) is 6.48. The number of aliphatic carboxylic acids is 1. The summed E-state index contributed by atoms with van der Waals surface area (Å²) in [7, 11) is 0. The Bertz CT molecular complexity index is 461. The number of carboxylic acids is 1. The summed E-state index contributed by atoms with van der Waals surface area (Å²) < 4.78 is 14.5. The summed E-state index contributed by atoms with van der Waals surface area (Å²) in [4.78, 5) is 12.8. The predicted molar refractivity (Wildman–Crippen MR) is 74.4 cm³/mol. The van der Waals surface area contributed by atoms with Crippen molar-refractivity contribution in [2.24, 2.45) is 0 Å². The molecule has 0 aromatic heterocycles. The molecule has 0 saturated heterocycles. The average Bonchev–Trinajstić information content (AvgIpc) is 2.84. The second-order valence-corrected chi connectivity index (χ2v) is 5.89. The largest absolute Gasteiger partial charge is 0.480 e. The van der Waals surface area contributed by atoms with Crippen LogP contribution in [0.4, 0.5) is 4.39 Å². The predicted octanol–water partition coefficient (Wildman–Crippen LogP) is 3.42. The Hall–Kier alpha value is -0.940. The zero-order valence-electron chi connectivity index (χ0n) is 10.6. The van der Waals surface area contributed by atoms with E-state index in [2.05, 4.69) is 15.9 Å². The van der Waals surface area contributed by atoms with E-state index in [1.54, 1.807) is 12.1 Å². The van der Waals surface area contributed by atoms with E-state index in [0.29, 0.717) is 16.6 Å². The third-order valence-corrected chi connectivity index (χ3v) is 4.06. The first kappa shape index (κ1) is 14.5. The van der Waals surface area contributed by atoms with Crippen LogP contribution < -0.4 is 0 Å². The van der Waals surface area contributed by atoms with Crippen molar-refractivity contribution < 1.29 is 14.3 Å². The minimum absolute atomic E-state index is 0.0276. The van der Waals surface area contributed by atoms with Gasteiger partial charge in [0.05, 0.1) is 6.54 Å². The van der Waals surface area contributed by atoms with Crippen molar-refractivity contribution in [2.45, 2.75) is 38.3 Å². The van der Waals surface area contributed by atoms with Crippen LogP contribution in [-0.2, 0) is 11.3 Å². The van der Waals surface area contributed by atoms with E-state index in [9.17, 15) is 9.18 Å². The van der Waals surface area contributed by atoms with Crippen molar-refractivity contribution in [3.05, 3.63) is 34.1 Å². The maximum atomic E-state index is 13.8. The average molecular weight is 330 g/mol. The Morgan fingerprint density at radius 3 is 2.68 bits per heavy atom. The molecule has 1 aromatic rings. The molecule has 1 saturated carbocycles. The lowest BCUT2D eigenvalue weighted by molar-refractivity contribution is -0.139. The molecular weight excluding hydrogens is 313 g/mol. The first-order chi connectivity index (χ1) is 9.06. The topological polar surface area (TPSA) is 40.5 Å². The molecule has 0 bridgehead atoms. The van der Waals surface area contributed by atoms with Crippen LogP contribution in [0.15, 0.2) is 22.7 Å². The van der Waals surface area contributed by atoms with E-state index in [-0.39, 0.29) is 18.4 Å². The van der Waals surface area contributed by atoms with E-state index >= 15 is 0 Å². The van der Waals surface area contributed by atoms with Gasteiger partial charge in [0.25, 0.3) is 0 Å². The smallest absolute Gasteiger partial charge is 0.317 e. The van der Waals surface area contributed by atoms with E-state index in [4.69, 9.17) is 5.11 Å². The molecule has 1 aliphatic carbocycles. The summed E-state index contributed by atoms with van der Waals surface area (Å²) in [5.74, 6) is -1.15. The summed E-state index contributed by atoms with van der Waals surface area (Å²) in [5, 5.41) is 8.99. The fraction of sp³-hybridized carbons (Fsp3) is 0.500. The van der Waals surface area contributed by atoms with Gasteiger partial charge < -0.3 is 5.11 Å². The Morgan fingerprint density at radius 2 is 2.11 bits per heavy atom. The van der Waals surface area contributed by atoms with E-state index in [1.165, 1.54) is 6.07 Å². The molecule has 0 amide bonds. The van der Waals surface area contributed by atoms with Gasteiger partial charge in [-0.1, -0.05) is 34.8 Å². The van der Waals surface area contributed by atoms with Gasteiger partial charge in [-0.3, -0.25) is 9.69 Å². The van der Waals surface area contributed by atoms with Crippen LogP contribution in [0.2, 0.25) is 0 Å². The van der Waals surface area contributed by atoms with Gasteiger partial charge in [-0.05, 0) is 25.0 Å². The molecule has 0 spiro atoms. The van der Waals surface area contributed by atoms with Gasteiger partial charge in [0.1, 0.15) is 5.82 Å². The molecule has 1 aliphatic rings. The zero-order valence-corrected chi connectivity index (χ0v) is 12.2. The number of carboxylic acid groups (broad SMARTS) is 1. The van der Waals surface area contributed by atoms with Gasteiger partial charge in [-0.2, -0.15) is 0 Å². The third kappa shape index (κ3) is 4.01. The number of halogens is 2. The fourth-order valence-corrected chi connectivity index (χ4v) is 2.96. The molecule has 0 heterocycles. The van der Waals surface area contributed by atoms with Crippen LogP contribution in [0.3, 0.4) is 0 Å². The van der Waals surface area contributed by atoms with Gasteiger partial charge in [0.2, 0.25) is 0 Å². The summed E-state index contributed by atoms with van der Waals surface area (Å²) in [6.45, 7) is 0.330. The monoisotopic (exact) mass is 329 g/mol. The molecule has 1 fully saturated rings. The normalized spacial score (nSPS) is 16.2. The van der Waals surface area contributed by atoms with E-state index in [0.717, 1.165) is 25.7 Å². The van der Waals surface area contributed by atoms with Crippen LogP contribution >= 0.6 is 15.9 Å². The van der Waals surface area contributed by atoms with Crippen molar-refractivity contribution in [2.75, 3.05) is 6.54 Å². The molecule has 104 valence electrons. The lowest BCUT2D eigenvalue weighted by atomic mass is 10.1. The molecule has 5 heteroatoms. The van der Waals surface area contributed by atoms with Crippen LogP contribution in [0.1, 0.15) is 31.2 Å². The molecule has 19 heavy (non-hydrogen) atoms. The first-order valence-electron chi connectivity index (χ1n) is 6.46. The number of nitrogens with zero attached hydrogens (tertiary/aromatic N) is 1. The van der Waals surface area contributed by atoms with Crippen LogP contribution in [0, 0.1) is 5.82 Å². The molecule has 0 atom stereocenters. The van der Waals surface area contributed by atoms with Crippen molar-refractivity contribution in [3.63, 3.8) is 0 Å². The summed E-state index contributed by atoms with van der Waals surface area (Å²) in [6.07, 6.45) is 4.27. The SMILES string of the molecule is O=C(O)CN(Cc1ccc(Br)cc1F)C1CCCC1. The van der Waals surface area contributed by atoms with Gasteiger partial charge in [0, 0.05) is 22.6 Å². The Balaban J connectivity index is 2.12. The van der Waals surface area contributed by atoms with Crippen molar-refractivity contribution in [1.29, 1.82) is 0 Å². The maximum Gasteiger partial charge on any atom is 0.317 e. The Kier molecular flexibility index (Phi) is 4.93. The van der Waals surface area contributed by atoms with Gasteiger partial charge in [0.15, 0.2) is 0 Å². The van der Waals surface area contributed by atoms with Gasteiger partial charge in [-0.15, -0.1) is 0 Å². The third-order valence-electron chi connectivity index (χ3n) is 3.57. The van der Waals surface area contributed by atoms with Gasteiger partial charge >= 0.3 is 5.97 Å². The highest BCUT2D eigenvalue weighted by atomic mass is 79.9. The first-order valence-corrected chi connectivity index (χ1v) is 7.25. The lowest BCUT2D eigenvalue weighted by Gasteiger charge is -2.27. The molecule has 3 nitrogen and oxygen atoms in total. The fourth-order valence-electron chi connectivity index (χ4n) is 2.63. The minimum Gasteiger partial charge on any atom is -0.480 e. The molecule has 0 radical (unpaired) electrons.